The molecule has 0 radical (unpaired) electrons. The molecule has 2 aromatic heterocycles. The summed E-state index contributed by atoms with van der Waals surface area (Å²) in [5.41, 5.74) is 4.93. The van der Waals surface area contributed by atoms with E-state index in [1.165, 1.54) is 6.07 Å². The van der Waals surface area contributed by atoms with Crippen LogP contribution < -0.4 is 5.32 Å². The minimum Gasteiger partial charge on any atom is -0.348 e. The van der Waals surface area contributed by atoms with E-state index in [9.17, 15) is 9.18 Å². The molecule has 0 unspecified atom stereocenters. The number of benzene rings is 3. The van der Waals surface area contributed by atoms with E-state index in [0.717, 1.165) is 33.1 Å². The Bertz CT molecular complexity index is 1520. The van der Waals surface area contributed by atoms with Gasteiger partial charge in [-0.1, -0.05) is 65.8 Å². The molecule has 36 heavy (non-hydrogen) atoms. The normalized spacial score (nSPS) is 11.1. The standard InChI is InChI=1S/C28H22ClFN4OS/c29-23-6-3-4-20(14-23)18-36-28-33-25-12-13-31-16-26(25)34(28)17-19-8-10-21(11-9-19)27(35)32-15-22-5-1-2-7-24(22)30/h1-14,16H,15,17-18H2,(H,32,35). The van der Waals surface area contributed by atoms with Gasteiger partial charge in [-0.05, 0) is 47.5 Å². The Morgan fingerprint density at radius 1 is 1.00 bits per heavy atom. The Balaban J connectivity index is 1.31. The number of amides is 1. The van der Waals surface area contributed by atoms with Crippen molar-refractivity contribution < 1.29 is 9.18 Å². The van der Waals surface area contributed by atoms with Crippen molar-refractivity contribution in [1.82, 2.24) is 19.9 Å². The molecular formula is C28H22ClFN4OS. The first-order valence-corrected chi connectivity index (χ1v) is 12.7. The van der Waals surface area contributed by atoms with Gasteiger partial charge < -0.3 is 9.88 Å². The van der Waals surface area contributed by atoms with E-state index < -0.39 is 0 Å². The molecule has 1 N–H and O–H groups in total. The summed E-state index contributed by atoms with van der Waals surface area (Å²) in [4.78, 5) is 21.7. The molecule has 5 aromatic rings. The molecule has 0 spiro atoms. The lowest BCUT2D eigenvalue weighted by Gasteiger charge is -2.10. The first kappa shape index (κ1) is 24.0. The molecule has 0 aliphatic heterocycles. The molecule has 0 aliphatic rings. The zero-order chi connectivity index (χ0) is 24.9. The fraction of sp³-hybridized carbons (Fsp3) is 0.107. The summed E-state index contributed by atoms with van der Waals surface area (Å²) in [6, 6.07) is 23.5. The highest BCUT2D eigenvalue weighted by Crippen LogP contribution is 2.28. The van der Waals surface area contributed by atoms with Gasteiger partial charge in [0, 0.05) is 34.6 Å². The van der Waals surface area contributed by atoms with E-state index in [1.807, 2.05) is 48.7 Å². The van der Waals surface area contributed by atoms with Crippen LogP contribution in [0.1, 0.15) is 27.0 Å². The third kappa shape index (κ3) is 5.58. The number of carbonyl (C=O) groups excluding carboxylic acids is 1. The Morgan fingerprint density at radius 3 is 2.64 bits per heavy atom. The van der Waals surface area contributed by atoms with Crippen molar-refractivity contribution in [2.24, 2.45) is 0 Å². The fourth-order valence-corrected chi connectivity index (χ4v) is 5.02. The fourth-order valence-electron chi connectivity index (χ4n) is 3.85. The first-order chi connectivity index (χ1) is 17.6. The van der Waals surface area contributed by atoms with E-state index in [-0.39, 0.29) is 18.3 Å². The van der Waals surface area contributed by atoms with Crippen molar-refractivity contribution >= 4 is 40.3 Å². The maximum atomic E-state index is 13.8. The molecule has 0 bridgehead atoms. The summed E-state index contributed by atoms with van der Waals surface area (Å²) in [5, 5.41) is 4.37. The minimum absolute atomic E-state index is 0.133. The molecule has 8 heteroatoms. The van der Waals surface area contributed by atoms with E-state index in [0.29, 0.717) is 22.7 Å². The summed E-state index contributed by atoms with van der Waals surface area (Å²) in [7, 11) is 0. The lowest BCUT2D eigenvalue weighted by atomic mass is 10.1. The lowest BCUT2D eigenvalue weighted by molar-refractivity contribution is 0.0950. The Hall–Kier alpha value is -3.68. The van der Waals surface area contributed by atoms with Crippen LogP contribution in [-0.2, 0) is 18.8 Å². The van der Waals surface area contributed by atoms with Crippen molar-refractivity contribution in [3.05, 3.63) is 124 Å². The van der Waals surface area contributed by atoms with Gasteiger partial charge in [-0.15, -0.1) is 0 Å². The maximum absolute atomic E-state index is 13.8. The molecule has 3 aromatic carbocycles. The zero-order valence-corrected chi connectivity index (χ0v) is 20.8. The average Bonchev–Trinajstić information content (AvgIpc) is 3.24. The number of rotatable bonds is 8. The molecular weight excluding hydrogens is 495 g/mol. The van der Waals surface area contributed by atoms with E-state index >= 15 is 0 Å². The molecule has 180 valence electrons. The highest BCUT2D eigenvalue weighted by molar-refractivity contribution is 7.98. The molecule has 0 aliphatic carbocycles. The number of hydrogen-bond donors (Lipinski definition) is 1. The van der Waals surface area contributed by atoms with Gasteiger partial charge in [-0.25, -0.2) is 9.37 Å². The second-order valence-corrected chi connectivity index (χ2v) is 9.61. The second kappa shape index (κ2) is 10.9. The predicted octanol–water partition coefficient (Wildman–Crippen LogP) is 6.49. The predicted molar refractivity (Wildman–Crippen MR) is 142 cm³/mol. The summed E-state index contributed by atoms with van der Waals surface area (Å²) in [5.74, 6) is 0.150. The number of nitrogens with zero attached hydrogens (tertiary/aromatic N) is 3. The summed E-state index contributed by atoms with van der Waals surface area (Å²) in [6.45, 7) is 0.714. The third-order valence-electron chi connectivity index (χ3n) is 5.73. The monoisotopic (exact) mass is 516 g/mol. The largest absolute Gasteiger partial charge is 0.348 e. The van der Waals surface area contributed by atoms with Gasteiger partial charge >= 0.3 is 0 Å². The van der Waals surface area contributed by atoms with Crippen LogP contribution in [0.25, 0.3) is 11.0 Å². The van der Waals surface area contributed by atoms with Gasteiger partial charge in [0.2, 0.25) is 0 Å². The van der Waals surface area contributed by atoms with Crippen molar-refractivity contribution in [3.8, 4) is 0 Å². The average molecular weight is 517 g/mol. The molecule has 0 saturated heterocycles. The lowest BCUT2D eigenvalue weighted by Crippen LogP contribution is -2.23. The first-order valence-electron chi connectivity index (χ1n) is 11.3. The molecule has 0 saturated carbocycles. The number of hydrogen-bond acceptors (Lipinski definition) is 4. The maximum Gasteiger partial charge on any atom is 0.251 e. The van der Waals surface area contributed by atoms with Crippen LogP contribution in [0.4, 0.5) is 4.39 Å². The summed E-state index contributed by atoms with van der Waals surface area (Å²) < 4.78 is 15.9. The topological polar surface area (TPSA) is 59.8 Å². The smallest absolute Gasteiger partial charge is 0.251 e. The number of imidazole rings is 1. The summed E-state index contributed by atoms with van der Waals surface area (Å²) in [6.07, 6.45) is 3.55. The van der Waals surface area contributed by atoms with Gasteiger partial charge in [-0.2, -0.15) is 0 Å². The van der Waals surface area contributed by atoms with Crippen molar-refractivity contribution in [2.45, 2.75) is 24.0 Å². The molecule has 5 rings (SSSR count). The van der Waals surface area contributed by atoms with Crippen molar-refractivity contribution in [1.29, 1.82) is 0 Å². The van der Waals surface area contributed by atoms with Gasteiger partial charge in [0.1, 0.15) is 5.82 Å². The van der Waals surface area contributed by atoms with Crippen LogP contribution in [0.2, 0.25) is 5.02 Å². The Kier molecular flexibility index (Phi) is 7.30. The molecule has 0 atom stereocenters. The van der Waals surface area contributed by atoms with Crippen LogP contribution in [0, 0.1) is 5.82 Å². The van der Waals surface area contributed by atoms with Crippen LogP contribution in [0.3, 0.4) is 0 Å². The summed E-state index contributed by atoms with van der Waals surface area (Å²) >= 11 is 7.78. The highest BCUT2D eigenvalue weighted by Gasteiger charge is 2.13. The van der Waals surface area contributed by atoms with Crippen molar-refractivity contribution in [3.63, 3.8) is 0 Å². The van der Waals surface area contributed by atoms with Crippen LogP contribution >= 0.6 is 23.4 Å². The van der Waals surface area contributed by atoms with E-state index in [1.54, 1.807) is 48.3 Å². The molecule has 2 heterocycles. The van der Waals surface area contributed by atoms with Crippen LogP contribution in [0.5, 0.6) is 0 Å². The third-order valence-corrected chi connectivity index (χ3v) is 7.01. The SMILES string of the molecule is O=C(NCc1ccccc1F)c1ccc(Cn2c(SCc3cccc(Cl)c3)nc3ccncc32)cc1. The van der Waals surface area contributed by atoms with Crippen molar-refractivity contribution in [2.75, 3.05) is 0 Å². The number of aromatic nitrogens is 3. The number of carbonyl (C=O) groups is 1. The molecule has 5 nitrogen and oxygen atoms in total. The van der Waals surface area contributed by atoms with Gasteiger partial charge in [0.15, 0.2) is 5.16 Å². The van der Waals surface area contributed by atoms with Gasteiger partial charge in [-0.3, -0.25) is 9.78 Å². The van der Waals surface area contributed by atoms with E-state index in [2.05, 4.69) is 14.9 Å². The number of fused-ring (bicyclic) bond motifs is 1. The minimum atomic E-state index is -0.334. The number of thioether (sulfide) groups is 1. The Morgan fingerprint density at radius 2 is 1.83 bits per heavy atom. The Labute approximate surface area is 217 Å². The quantitative estimate of drug-likeness (QED) is 0.239. The zero-order valence-electron chi connectivity index (χ0n) is 19.2. The van der Waals surface area contributed by atoms with Crippen LogP contribution in [0.15, 0.2) is 96.4 Å². The molecule has 0 fully saturated rings. The number of nitrogens with one attached hydrogen (secondary N) is 1. The van der Waals surface area contributed by atoms with E-state index in [4.69, 9.17) is 16.6 Å². The second-order valence-electron chi connectivity index (χ2n) is 8.23. The van der Waals surface area contributed by atoms with Gasteiger partial charge in [0.05, 0.1) is 23.8 Å². The highest BCUT2D eigenvalue weighted by atomic mass is 35.5. The number of halogens is 2. The van der Waals surface area contributed by atoms with Gasteiger partial charge in [0.25, 0.3) is 5.91 Å². The number of pyridine rings is 1. The van der Waals surface area contributed by atoms with Crippen LogP contribution in [-0.4, -0.2) is 20.4 Å². The molecule has 1 amide bonds.